The molecule has 1 aliphatic carbocycles. The van der Waals surface area contributed by atoms with E-state index in [1.807, 2.05) is 50.3 Å². The van der Waals surface area contributed by atoms with E-state index in [0.29, 0.717) is 11.4 Å². The summed E-state index contributed by atoms with van der Waals surface area (Å²) in [7, 11) is 5.64. The second-order valence-corrected chi connectivity index (χ2v) is 5.09. The number of benzene rings is 1. The maximum Gasteiger partial charge on any atom is 0.206 e. The smallest absolute Gasteiger partial charge is 0.206 e. The molecule has 0 atom stereocenters. The number of hydrogen-bond acceptors (Lipinski definition) is 5. The molecule has 0 saturated heterocycles. The predicted octanol–water partition coefficient (Wildman–Crippen LogP) is 2.67. The maximum atomic E-state index is 12.0. The maximum absolute atomic E-state index is 12.0. The lowest BCUT2D eigenvalue weighted by atomic mass is 10.1. The summed E-state index contributed by atoms with van der Waals surface area (Å²) in [5, 5.41) is 3.03. The van der Waals surface area contributed by atoms with Crippen LogP contribution in [0.25, 0.3) is 0 Å². The fraction of sp³-hybridized carbons (Fsp3) is 0.200. The molecule has 4 nitrogen and oxygen atoms in total. The SMILES string of the molecule is CNc1ccc(/N=C2/C=CC(N(C)C)=CC2=O)c(S)c1. The van der Waals surface area contributed by atoms with Gasteiger partial charge in [-0.05, 0) is 30.4 Å². The standard InChI is InChI=1S/C15H17N3OS/c1-16-10-4-6-13(15(20)8-10)17-12-7-5-11(18(2)3)9-14(12)19/h4-9,16,20H,1-3H3/b17-12-. The second kappa shape index (κ2) is 5.96. The zero-order valence-corrected chi connectivity index (χ0v) is 12.6. The molecule has 0 amide bonds. The molecular weight excluding hydrogens is 270 g/mol. The van der Waals surface area contributed by atoms with Gasteiger partial charge in [0.2, 0.25) is 5.78 Å². The van der Waals surface area contributed by atoms with Gasteiger partial charge in [-0.3, -0.25) is 4.79 Å². The number of thiol groups is 1. The van der Waals surface area contributed by atoms with Crippen LogP contribution in [0.1, 0.15) is 0 Å². The van der Waals surface area contributed by atoms with Crippen molar-refractivity contribution in [3.8, 4) is 0 Å². The molecule has 1 N–H and O–H groups in total. The zero-order valence-electron chi connectivity index (χ0n) is 11.7. The Hall–Kier alpha value is -2.01. The van der Waals surface area contributed by atoms with Crippen LogP contribution in [-0.2, 0) is 4.79 Å². The molecule has 20 heavy (non-hydrogen) atoms. The van der Waals surface area contributed by atoms with Gasteiger partial charge in [0.05, 0.1) is 5.69 Å². The molecule has 0 fully saturated rings. The summed E-state index contributed by atoms with van der Waals surface area (Å²) in [6, 6.07) is 5.62. The molecule has 0 aromatic heterocycles. The van der Waals surface area contributed by atoms with Crippen LogP contribution in [0.15, 0.2) is 52.0 Å². The number of allylic oxidation sites excluding steroid dienone is 3. The molecule has 0 aliphatic heterocycles. The molecule has 0 unspecified atom stereocenters. The summed E-state index contributed by atoms with van der Waals surface area (Å²) in [4.78, 5) is 19.0. The van der Waals surface area contributed by atoms with Gasteiger partial charge >= 0.3 is 0 Å². The third-order valence-corrected chi connectivity index (χ3v) is 3.32. The first kappa shape index (κ1) is 14.4. The summed E-state index contributed by atoms with van der Waals surface area (Å²) < 4.78 is 0. The van der Waals surface area contributed by atoms with E-state index in [9.17, 15) is 4.79 Å². The highest BCUT2D eigenvalue weighted by Crippen LogP contribution is 2.27. The number of rotatable bonds is 3. The highest BCUT2D eigenvalue weighted by molar-refractivity contribution is 7.80. The molecular formula is C15H17N3OS. The number of likely N-dealkylation sites (N-methyl/N-ethyl adjacent to an activating group) is 1. The molecule has 1 aliphatic rings. The number of carbonyl (C=O) groups is 1. The van der Waals surface area contributed by atoms with E-state index < -0.39 is 0 Å². The van der Waals surface area contributed by atoms with Gasteiger partial charge in [0.25, 0.3) is 0 Å². The Morgan fingerprint density at radius 3 is 2.55 bits per heavy atom. The second-order valence-electron chi connectivity index (χ2n) is 4.61. The van der Waals surface area contributed by atoms with Crippen molar-refractivity contribution in [1.29, 1.82) is 0 Å². The Bertz CT molecular complexity index is 630. The van der Waals surface area contributed by atoms with E-state index in [4.69, 9.17) is 0 Å². The van der Waals surface area contributed by atoms with Crippen LogP contribution >= 0.6 is 12.6 Å². The molecule has 0 radical (unpaired) electrons. The quantitative estimate of drug-likeness (QED) is 0.663. The van der Waals surface area contributed by atoms with Crippen LogP contribution in [0, 0.1) is 0 Å². The van der Waals surface area contributed by atoms with Crippen molar-refractivity contribution in [3.05, 3.63) is 42.1 Å². The van der Waals surface area contributed by atoms with E-state index in [1.54, 1.807) is 12.2 Å². The van der Waals surface area contributed by atoms with Gasteiger partial charge in [0.1, 0.15) is 5.71 Å². The third kappa shape index (κ3) is 3.11. The highest BCUT2D eigenvalue weighted by Gasteiger charge is 2.13. The fourth-order valence-corrected chi connectivity index (χ4v) is 2.04. The summed E-state index contributed by atoms with van der Waals surface area (Å²) in [5.41, 5.74) is 2.93. The van der Waals surface area contributed by atoms with Crippen LogP contribution in [0.5, 0.6) is 0 Å². The molecule has 2 rings (SSSR count). The average Bonchev–Trinajstić information content (AvgIpc) is 2.42. The number of nitrogens with zero attached hydrogens (tertiary/aromatic N) is 2. The van der Waals surface area contributed by atoms with Gasteiger partial charge in [-0.2, -0.15) is 0 Å². The largest absolute Gasteiger partial charge is 0.388 e. The van der Waals surface area contributed by atoms with Gasteiger partial charge in [-0.15, -0.1) is 12.6 Å². The summed E-state index contributed by atoms with van der Waals surface area (Å²) in [6.07, 6.45) is 5.19. The van der Waals surface area contributed by atoms with E-state index in [-0.39, 0.29) is 5.78 Å². The first-order chi connectivity index (χ1) is 9.51. The first-order valence-electron chi connectivity index (χ1n) is 6.22. The van der Waals surface area contributed by atoms with Crippen LogP contribution < -0.4 is 5.32 Å². The van der Waals surface area contributed by atoms with Crippen LogP contribution in [-0.4, -0.2) is 37.5 Å². The van der Waals surface area contributed by atoms with Crippen molar-refractivity contribution in [1.82, 2.24) is 4.90 Å². The molecule has 1 aromatic rings. The van der Waals surface area contributed by atoms with Crippen molar-refractivity contribution in [2.24, 2.45) is 4.99 Å². The van der Waals surface area contributed by atoms with Gasteiger partial charge in [-0.1, -0.05) is 0 Å². The minimum Gasteiger partial charge on any atom is -0.388 e. The average molecular weight is 287 g/mol. The van der Waals surface area contributed by atoms with Crippen molar-refractivity contribution in [2.75, 3.05) is 26.5 Å². The Morgan fingerprint density at radius 1 is 1.25 bits per heavy atom. The van der Waals surface area contributed by atoms with E-state index in [1.165, 1.54) is 0 Å². The lowest BCUT2D eigenvalue weighted by molar-refractivity contribution is -0.108. The Balaban J connectivity index is 2.30. The van der Waals surface area contributed by atoms with E-state index in [2.05, 4.69) is 22.9 Å². The fourth-order valence-electron chi connectivity index (χ4n) is 1.78. The normalized spacial score (nSPS) is 16.3. The number of ketones is 1. The number of anilines is 1. The van der Waals surface area contributed by atoms with Crippen molar-refractivity contribution < 1.29 is 4.79 Å². The number of aliphatic imine (C=N–C) groups is 1. The third-order valence-electron chi connectivity index (χ3n) is 2.96. The van der Waals surface area contributed by atoms with Crippen LogP contribution in [0.2, 0.25) is 0 Å². The molecule has 0 bridgehead atoms. The van der Waals surface area contributed by atoms with Crippen molar-refractivity contribution in [2.45, 2.75) is 4.90 Å². The number of hydrogen-bond donors (Lipinski definition) is 2. The van der Waals surface area contributed by atoms with Crippen LogP contribution in [0.3, 0.4) is 0 Å². The first-order valence-corrected chi connectivity index (χ1v) is 6.67. The number of carbonyl (C=O) groups excluding carboxylic acids is 1. The predicted molar refractivity (Wildman–Crippen MR) is 86.3 cm³/mol. The topological polar surface area (TPSA) is 44.7 Å². The Morgan fingerprint density at radius 2 is 2.00 bits per heavy atom. The van der Waals surface area contributed by atoms with Gasteiger partial charge in [0.15, 0.2) is 0 Å². The molecule has 5 heteroatoms. The summed E-state index contributed by atoms with van der Waals surface area (Å²) in [6.45, 7) is 0. The Kier molecular flexibility index (Phi) is 4.29. The summed E-state index contributed by atoms with van der Waals surface area (Å²) in [5.74, 6) is -0.0957. The molecule has 104 valence electrons. The highest BCUT2D eigenvalue weighted by atomic mass is 32.1. The molecule has 0 saturated carbocycles. The minimum absolute atomic E-state index is 0.0957. The Labute approximate surface area is 124 Å². The van der Waals surface area contributed by atoms with Gasteiger partial charge in [0, 0.05) is 43.5 Å². The molecule has 0 heterocycles. The van der Waals surface area contributed by atoms with Gasteiger partial charge < -0.3 is 10.2 Å². The molecule has 0 spiro atoms. The lowest BCUT2D eigenvalue weighted by Crippen LogP contribution is -2.18. The van der Waals surface area contributed by atoms with Gasteiger partial charge in [-0.25, -0.2) is 4.99 Å². The minimum atomic E-state index is -0.0957. The van der Waals surface area contributed by atoms with Crippen molar-refractivity contribution in [3.63, 3.8) is 0 Å². The summed E-state index contributed by atoms with van der Waals surface area (Å²) >= 11 is 4.39. The molecule has 1 aromatic carbocycles. The lowest BCUT2D eigenvalue weighted by Gasteiger charge is -2.16. The van der Waals surface area contributed by atoms with E-state index in [0.717, 1.165) is 16.3 Å². The van der Waals surface area contributed by atoms with Crippen LogP contribution in [0.4, 0.5) is 11.4 Å². The van der Waals surface area contributed by atoms with Crippen molar-refractivity contribution >= 4 is 35.5 Å². The zero-order chi connectivity index (χ0) is 14.7. The monoisotopic (exact) mass is 287 g/mol. The van der Waals surface area contributed by atoms with E-state index >= 15 is 0 Å². The number of nitrogens with one attached hydrogen (secondary N) is 1.